The first-order valence-electron chi connectivity index (χ1n) is 8.02. The highest BCUT2D eigenvalue weighted by molar-refractivity contribution is 7.92. The smallest absolute Gasteiger partial charge is 0.264 e. The Bertz CT molecular complexity index is 1030. The minimum Gasteiger partial charge on any atom is -0.484 e. The van der Waals surface area contributed by atoms with Crippen molar-refractivity contribution in [3.05, 3.63) is 65.7 Å². The largest absolute Gasteiger partial charge is 0.484 e. The molecular formula is C18H17N3O4S2. The topological polar surface area (TPSA) is 98.3 Å². The molecule has 0 fully saturated rings. The Morgan fingerprint density at radius 1 is 1.11 bits per heavy atom. The lowest BCUT2D eigenvalue weighted by molar-refractivity contribution is -0.118. The second kappa shape index (κ2) is 8.28. The van der Waals surface area contributed by atoms with Crippen molar-refractivity contribution < 1.29 is 17.9 Å². The third-order valence-electron chi connectivity index (χ3n) is 3.47. The zero-order valence-corrected chi connectivity index (χ0v) is 16.1. The minimum atomic E-state index is -3.64. The van der Waals surface area contributed by atoms with Crippen LogP contribution in [0.1, 0.15) is 11.1 Å². The van der Waals surface area contributed by atoms with E-state index in [4.69, 9.17) is 4.74 Å². The van der Waals surface area contributed by atoms with Gasteiger partial charge in [-0.15, -0.1) is 10.2 Å². The molecule has 0 spiro atoms. The van der Waals surface area contributed by atoms with E-state index in [1.807, 2.05) is 25.1 Å². The number of aromatic nitrogens is 2. The maximum atomic E-state index is 12.5. The van der Waals surface area contributed by atoms with E-state index < -0.39 is 15.7 Å². The molecule has 0 aliphatic rings. The maximum absolute atomic E-state index is 12.5. The van der Waals surface area contributed by atoms with Gasteiger partial charge in [0.15, 0.2) is 6.61 Å². The highest BCUT2D eigenvalue weighted by atomic mass is 32.2. The Balaban J connectivity index is 1.61. The summed E-state index contributed by atoms with van der Waals surface area (Å²) in [5.41, 5.74) is 1.65. The Hall–Kier alpha value is -2.78. The molecule has 0 unspecified atom stereocenters. The number of hydrogen-bond acceptors (Lipinski definition) is 7. The molecule has 0 bridgehead atoms. The molecule has 2 aromatic carbocycles. The van der Waals surface area contributed by atoms with Crippen LogP contribution in [0.15, 0.2) is 58.9 Å². The van der Waals surface area contributed by atoms with Crippen LogP contribution in [0.5, 0.6) is 5.75 Å². The van der Waals surface area contributed by atoms with Crippen LogP contribution < -0.4 is 10.1 Å². The van der Waals surface area contributed by atoms with Crippen molar-refractivity contribution in [1.82, 2.24) is 10.2 Å². The van der Waals surface area contributed by atoms with Crippen molar-refractivity contribution in [2.24, 2.45) is 0 Å². The first-order chi connectivity index (χ1) is 12.9. The van der Waals surface area contributed by atoms with Crippen molar-refractivity contribution in [2.45, 2.75) is 17.0 Å². The molecule has 1 N–H and O–H groups in total. The van der Waals surface area contributed by atoms with Crippen LogP contribution in [0.3, 0.4) is 0 Å². The van der Waals surface area contributed by atoms with Crippen LogP contribution in [-0.4, -0.2) is 31.1 Å². The summed E-state index contributed by atoms with van der Waals surface area (Å²) in [6.45, 7) is 1.68. The van der Waals surface area contributed by atoms with Gasteiger partial charge in [0.05, 0.1) is 5.75 Å². The van der Waals surface area contributed by atoms with E-state index in [9.17, 15) is 13.2 Å². The summed E-state index contributed by atoms with van der Waals surface area (Å²) in [6.07, 6.45) is 0. The van der Waals surface area contributed by atoms with Crippen LogP contribution in [0.2, 0.25) is 0 Å². The lowest BCUT2D eigenvalue weighted by atomic mass is 10.2. The number of carbonyl (C=O) groups excluding carboxylic acids is 1. The molecule has 7 nitrogen and oxygen atoms in total. The fourth-order valence-corrected chi connectivity index (χ4v) is 4.61. The van der Waals surface area contributed by atoms with E-state index in [1.54, 1.807) is 36.4 Å². The lowest BCUT2D eigenvalue weighted by Gasteiger charge is -2.04. The molecule has 0 atom stereocenters. The number of rotatable bonds is 7. The Kier molecular flexibility index (Phi) is 5.82. The van der Waals surface area contributed by atoms with Crippen LogP contribution in [0.25, 0.3) is 0 Å². The molecule has 140 valence electrons. The highest BCUT2D eigenvalue weighted by Crippen LogP contribution is 2.23. The predicted molar refractivity (Wildman–Crippen MR) is 103 cm³/mol. The first kappa shape index (κ1) is 19.0. The number of ether oxygens (including phenoxy) is 1. The molecule has 9 heteroatoms. The average molecular weight is 403 g/mol. The van der Waals surface area contributed by atoms with E-state index in [0.717, 1.165) is 16.9 Å². The molecule has 0 saturated heterocycles. The van der Waals surface area contributed by atoms with Crippen molar-refractivity contribution in [3.8, 4) is 5.75 Å². The predicted octanol–water partition coefficient (Wildman–Crippen LogP) is 2.84. The fraction of sp³-hybridized carbons (Fsp3) is 0.167. The molecule has 1 amide bonds. The summed E-state index contributed by atoms with van der Waals surface area (Å²) in [4.78, 5) is 11.9. The second-order valence-electron chi connectivity index (χ2n) is 5.77. The molecule has 0 aliphatic heterocycles. The van der Waals surface area contributed by atoms with Gasteiger partial charge in [-0.2, -0.15) is 0 Å². The summed E-state index contributed by atoms with van der Waals surface area (Å²) >= 11 is 0.816. The summed E-state index contributed by atoms with van der Waals surface area (Å²) in [5.74, 6) is -0.0575. The highest BCUT2D eigenvalue weighted by Gasteiger charge is 2.22. The van der Waals surface area contributed by atoms with Crippen LogP contribution in [0, 0.1) is 6.92 Å². The third kappa shape index (κ3) is 5.35. The van der Waals surface area contributed by atoms with E-state index >= 15 is 0 Å². The number of benzene rings is 2. The maximum Gasteiger partial charge on any atom is 0.264 e. The van der Waals surface area contributed by atoms with E-state index in [2.05, 4.69) is 15.5 Å². The zero-order chi connectivity index (χ0) is 19.3. The van der Waals surface area contributed by atoms with Gasteiger partial charge in [0.1, 0.15) is 5.75 Å². The quantitative estimate of drug-likeness (QED) is 0.609. The number of nitrogens with zero attached hydrogens (tertiary/aromatic N) is 2. The number of nitrogens with one attached hydrogen (secondary N) is 1. The van der Waals surface area contributed by atoms with Crippen molar-refractivity contribution >= 4 is 32.2 Å². The van der Waals surface area contributed by atoms with E-state index in [1.165, 1.54) is 0 Å². The fourth-order valence-electron chi connectivity index (χ4n) is 2.29. The van der Waals surface area contributed by atoms with Gasteiger partial charge in [0.2, 0.25) is 19.3 Å². The molecule has 3 rings (SSSR count). The van der Waals surface area contributed by atoms with Crippen molar-refractivity contribution in [2.75, 3.05) is 11.9 Å². The Morgan fingerprint density at radius 3 is 2.63 bits per heavy atom. The van der Waals surface area contributed by atoms with Gasteiger partial charge in [-0.05, 0) is 24.6 Å². The van der Waals surface area contributed by atoms with E-state index in [0.29, 0.717) is 11.3 Å². The van der Waals surface area contributed by atoms with Gasteiger partial charge in [0, 0.05) is 0 Å². The van der Waals surface area contributed by atoms with Crippen LogP contribution in [-0.2, 0) is 20.4 Å². The normalized spacial score (nSPS) is 11.1. The minimum absolute atomic E-state index is 0.111. The van der Waals surface area contributed by atoms with Crippen LogP contribution >= 0.6 is 11.3 Å². The zero-order valence-electron chi connectivity index (χ0n) is 14.5. The van der Waals surface area contributed by atoms with Gasteiger partial charge in [-0.25, -0.2) is 8.42 Å². The van der Waals surface area contributed by atoms with Crippen molar-refractivity contribution in [3.63, 3.8) is 0 Å². The first-order valence-corrected chi connectivity index (χ1v) is 10.5. The third-order valence-corrected chi connectivity index (χ3v) is 6.44. The van der Waals surface area contributed by atoms with E-state index in [-0.39, 0.29) is 21.8 Å². The molecular weight excluding hydrogens is 386 g/mol. The molecule has 0 radical (unpaired) electrons. The van der Waals surface area contributed by atoms with Crippen LogP contribution in [0.4, 0.5) is 5.13 Å². The summed E-state index contributed by atoms with van der Waals surface area (Å²) in [5, 5.41) is 10.0. The standard InChI is InChI=1S/C18H17N3O4S2/c1-13-6-5-7-14(10-13)12-27(23,24)18-21-20-17(26-18)19-16(22)11-25-15-8-3-2-4-9-15/h2-10H,11-12H2,1H3,(H,19,20,22). The lowest BCUT2D eigenvalue weighted by Crippen LogP contribution is -2.20. The number of amides is 1. The van der Waals surface area contributed by atoms with Gasteiger partial charge >= 0.3 is 0 Å². The molecule has 1 aromatic heterocycles. The molecule has 27 heavy (non-hydrogen) atoms. The second-order valence-corrected chi connectivity index (χ2v) is 8.91. The number of hydrogen-bond donors (Lipinski definition) is 1. The van der Waals surface area contributed by atoms with Gasteiger partial charge in [-0.1, -0.05) is 59.4 Å². The number of anilines is 1. The number of aryl methyl sites for hydroxylation is 1. The molecule has 3 aromatic rings. The van der Waals surface area contributed by atoms with Crippen molar-refractivity contribution in [1.29, 1.82) is 0 Å². The SMILES string of the molecule is Cc1cccc(CS(=O)(=O)c2nnc(NC(=O)COc3ccccc3)s2)c1. The number of carbonyl (C=O) groups is 1. The number of para-hydroxylation sites is 1. The summed E-state index contributed by atoms with van der Waals surface area (Å²) < 4.78 is 30.2. The molecule has 0 aliphatic carbocycles. The van der Waals surface area contributed by atoms with Gasteiger partial charge in [0.25, 0.3) is 5.91 Å². The monoisotopic (exact) mass is 403 g/mol. The summed E-state index contributed by atoms with van der Waals surface area (Å²) in [7, 11) is -3.64. The molecule has 1 heterocycles. The summed E-state index contributed by atoms with van der Waals surface area (Å²) in [6, 6.07) is 16.1. The number of sulfone groups is 1. The Labute approximate surface area is 161 Å². The van der Waals surface area contributed by atoms with Gasteiger partial charge < -0.3 is 4.74 Å². The average Bonchev–Trinajstić information content (AvgIpc) is 3.10. The molecule has 0 saturated carbocycles. The Morgan fingerprint density at radius 2 is 1.89 bits per heavy atom. The van der Waals surface area contributed by atoms with Gasteiger partial charge in [-0.3, -0.25) is 10.1 Å².